The summed E-state index contributed by atoms with van der Waals surface area (Å²) in [6.07, 6.45) is 0. The lowest BCUT2D eigenvalue weighted by Gasteiger charge is -2.26. The van der Waals surface area contributed by atoms with Gasteiger partial charge in [0.1, 0.15) is 0 Å². The standard InChI is InChI=1S/C23H24N2/c1-15-8-7-9-16(2)22(15)25(24)17-12-13-19-18-10-5-6-11-20(18)23(3,4)21(19)14-17/h5-14H,24H2,1-4H3. The third kappa shape index (κ3) is 2.29. The Bertz CT molecular complexity index is 949. The Morgan fingerprint density at radius 2 is 1.40 bits per heavy atom. The molecule has 0 unspecified atom stereocenters. The molecule has 4 rings (SSSR count). The quantitative estimate of drug-likeness (QED) is 0.488. The summed E-state index contributed by atoms with van der Waals surface area (Å²) >= 11 is 0. The van der Waals surface area contributed by atoms with Gasteiger partial charge in [0.05, 0.1) is 11.4 Å². The van der Waals surface area contributed by atoms with E-state index in [2.05, 4.69) is 88.4 Å². The van der Waals surface area contributed by atoms with Crippen molar-refractivity contribution in [1.29, 1.82) is 0 Å². The molecule has 1 aliphatic carbocycles. The molecule has 0 amide bonds. The molecule has 3 aromatic rings. The van der Waals surface area contributed by atoms with Gasteiger partial charge in [0.25, 0.3) is 0 Å². The van der Waals surface area contributed by atoms with Gasteiger partial charge in [0, 0.05) is 5.41 Å². The molecular formula is C23H24N2. The molecule has 1 aliphatic rings. The van der Waals surface area contributed by atoms with Crippen LogP contribution in [0.3, 0.4) is 0 Å². The molecular weight excluding hydrogens is 304 g/mol. The second kappa shape index (κ2) is 5.47. The summed E-state index contributed by atoms with van der Waals surface area (Å²) < 4.78 is 0. The molecule has 0 aromatic heterocycles. The molecule has 2 nitrogen and oxygen atoms in total. The predicted octanol–water partition coefficient (Wildman–Crippen LogP) is 5.62. The summed E-state index contributed by atoms with van der Waals surface area (Å²) in [4.78, 5) is 0. The third-order valence-corrected chi connectivity index (χ3v) is 5.53. The van der Waals surface area contributed by atoms with Crippen LogP contribution in [0.5, 0.6) is 0 Å². The van der Waals surface area contributed by atoms with Crippen molar-refractivity contribution in [3.63, 3.8) is 0 Å². The lowest BCUT2D eigenvalue weighted by atomic mass is 9.82. The van der Waals surface area contributed by atoms with Crippen LogP contribution in [0.15, 0.2) is 60.7 Å². The Hall–Kier alpha value is -2.58. The highest BCUT2D eigenvalue weighted by molar-refractivity contribution is 5.83. The van der Waals surface area contributed by atoms with Gasteiger partial charge in [-0.2, -0.15) is 0 Å². The predicted molar refractivity (Wildman–Crippen MR) is 106 cm³/mol. The summed E-state index contributed by atoms with van der Waals surface area (Å²) in [6, 6.07) is 21.6. The largest absolute Gasteiger partial charge is 0.279 e. The Labute approximate surface area is 149 Å². The van der Waals surface area contributed by atoms with Crippen molar-refractivity contribution in [3.05, 3.63) is 82.9 Å². The maximum absolute atomic E-state index is 6.54. The van der Waals surface area contributed by atoms with E-state index in [-0.39, 0.29) is 5.41 Å². The Morgan fingerprint density at radius 1 is 0.760 bits per heavy atom. The second-order valence-corrected chi connectivity index (χ2v) is 7.51. The van der Waals surface area contributed by atoms with Gasteiger partial charge in [-0.3, -0.25) is 5.01 Å². The SMILES string of the molecule is Cc1cccc(C)c1N(N)c1ccc2c(c1)C(C)(C)c1ccccc1-2. The molecule has 2 heteroatoms. The zero-order valence-corrected chi connectivity index (χ0v) is 15.3. The third-order valence-electron chi connectivity index (χ3n) is 5.53. The molecule has 126 valence electrons. The van der Waals surface area contributed by atoms with E-state index in [0.717, 1.165) is 11.4 Å². The fourth-order valence-corrected chi connectivity index (χ4v) is 4.16. The van der Waals surface area contributed by atoms with E-state index >= 15 is 0 Å². The number of hydrogen-bond donors (Lipinski definition) is 1. The van der Waals surface area contributed by atoms with Gasteiger partial charge < -0.3 is 0 Å². The molecule has 25 heavy (non-hydrogen) atoms. The Kier molecular flexibility index (Phi) is 3.48. The highest BCUT2D eigenvalue weighted by Crippen LogP contribution is 2.49. The number of benzene rings is 3. The number of fused-ring (bicyclic) bond motifs is 3. The zero-order chi connectivity index (χ0) is 17.8. The summed E-state index contributed by atoms with van der Waals surface area (Å²) in [5.41, 5.74) is 9.85. The maximum Gasteiger partial charge on any atom is 0.0633 e. The highest BCUT2D eigenvalue weighted by atomic mass is 15.4. The number of hydrazine groups is 1. The van der Waals surface area contributed by atoms with E-state index in [4.69, 9.17) is 5.84 Å². The van der Waals surface area contributed by atoms with E-state index in [9.17, 15) is 0 Å². The van der Waals surface area contributed by atoms with Crippen molar-refractivity contribution in [2.45, 2.75) is 33.1 Å². The first-order valence-corrected chi connectivity index (χ1v) is 8.76. The highest BCUT2D eigenvalue weighted by Gasteiger charge is 2.35. The molecule has 0 radical (unpaired) electrons. The Balaban J connectivity index is 1.85. The lowest BCUT2D eigenvalue weighted by molar-refractivity contribution is 0.660. The van der Waals surface area contributed by atoms with Crippen LogP contribution < -0.4 is 10.9 Å². The number of nitrogens with zero attached hydrogens (tertiary/aromatic N) is 1. The number of rotatable bonds is 2. The summed E-state index contributed by atoms with van der Waals surface area (Å²) in [5.74, 6) is 6.54. The van der Waals surface area contributed by atoms with E-state index in [1.54, 1.807) is 0 Å². The van der Waals surface area contributed by atoms with E-state index in [1.807, 2.05) is 5.01 Å². The van der Waals surface area contributed by atoms with Crippen molar-refractivity contribution in [1.82, 2.24) is 0 Å². The summed E-state index contributed by atoms with van der Waals surface area (Å²) in [5, 5.41) is 1.82. The minimum absolute atomic E-state index is 0.0104. The minimum Gasteiger partial charge on any atom is -0.279 e. The van der Waals surface area contributed by atoms with Crippen molar-refractivity contribution in [3.8, 4) is 11.1 Å². The van der Waals surface area contributed by atoms with Gasteiger partial charge in [-0.25, -0.2) is 5.84 Å². The number of para-hydroxylation sites is 1. The zero-order valence-electron chi connectivity index (χ0n) is 15.3. The molecule has 0 saturated carbocycles. The first kappa shape index (κ1) is 15.9. The van der Waals surface area contributed by atoms with Crippen molar-refractivity contribution in [2.24, 2.45) is 5.84 Å². The molecule has 0 bridgehead atoms. The fraction of sp³-hybridized carbons (Fsp3) is 0.217. The van der Waals surface area contributed by atoms with Gasteiger partial charge in [-0.1, -0.05) is 62.4 Å². The van der Waals surface area contributed by atoms with Crippen molar-refractivity contribution < 1.29 is 0 Å². The van der Waals surface area contributed by atoms with Crippen LogP contribution in [0, 0.1) is 13.8 Å². The number of aryl methyl sites for hydroxylation is 2. The minimum atomic E-state index is -0.0104. The van der Waals surface area contributed by atoms with Gasteiger partial charge >= 0.3 is 0 Å². The lowest BCUT2D eigenvalue weighted by Crippen LogP contribution is -2.27. The summed E-state index contributed by atoms with van der Waals surface area (Å²) in [6.45, 7) is 8.80. The van der Waals surface area contributed by atoms with Gasteiger partial charge in [-0.15, -0.1) is 0 Å². The molecule has 0 saturated heterocycles. The van der Waals surface area contributed by atoms with Gasteiger partial charge in [-0.05, 0) is 59.4 Å². The topological polar surface area (TPSA) is 29.3 Å². The number of anilines is 2. The first-order chi connectivity index (χ1) is 11.9. The monoisotopic (exact) mass is 328 g/mol. The Morgan fingerprint density at radius 3 is 2.12 bits per heavy atom. The molecule has 2 N–H and O–H groups in total. The normalized spacial score (nSPS) is 14.1. The van der Waals surface area contributed by atoms with Crippen LogP contribution in [0.25, 0.3) is 11.1 Å². The van der Waals surface area contributed by atoms with Crippen LogP contribution in [-0.4, -0.2) is 0 Å². The van der Waals surface area contributed by atoms with Crippen LogP contribution in [0.4, 0.5) is 11.4 Å². The average molecular weight is 328 g/mol. The molecule has 3 aromatic carbocycles. The number of hydrogen-bond acceptors (Lipinski definition) is 2. The van der Waals surface area contributed by atoms with Crippen LogP contribution in [0.1, 0.15) is 36.1 Å². The second-order valence-electron chi connectivity index (χ2n) is 7.51. The van der Waals surface area contributed by atoms with Crippen LogP contribution in [0.2, 0.25) is 0 Å². The van der Waals surface area contributed by atoms with E-state index in [1.165, 1.54) is 33.4 Å². The fourth-order valence-electron chi connectivity index (χ4n) is 4.16. The van der Waals surface area contributed by atoms with Crippen molar-refractivity contribution in [2.75, 3.05) is 5.01 Å². The average Bonchev–Trinajstić information content (AvgIpc) is 2.83. The van der Waals surface area contributed by atoms with Crippen LogP contribution >= 0.6 is 0 Å². The van der Waals surface area contributed by atoms with Crippen molar-refractivity contribution >= 4 is 11.4 Å². The molecule has 0 aliphatic heterocycles. The summed E-state index contributed by atoms with van der Waals surface area (Å²) in [7, 11) is 0. The van der Waals surface area contributed by atoms with E-state index < -0.39 is 0 Å². The molecule has 0 spiro atoms. The maximum atomic E-state index is 6.54. The first-order valence-electron chi connectivity index (χ1n) is 8.76. The smallest absolute Gasteiger partial charge is 0.0633 e. The van der Waals surface area contributed by atoms with E-state index in [0.29, 0.717) is 0 Å². The number of nitrogens with two attached hydrogens (primary N) is 1. The molecule has 0 atom stereocenters. The van der Waals surface area contributed by atoms with Crippen LogP contribution in [-0.2, 0) is 5.41 Å². The van der Waals surface area contributed by atoms with Gasteiger partial charge in [0.2, 0.25) is 0 Å². The molecule has 0 heterocycles. The molecule has 0 fully saturated rings. The van der Waals surface area contributed by atoms with Gasteiger partial charge in [0.15, 0.2) is 0 Å².